The molecular formula is C18H29BrN4O2S. The van der Waals surface area contributed by atoms with Crippen molar-refractivity contribution in [2.24, 2.45) is 4.99 Å². The Balaban J connectivity index is 1.79. The number of hydrogen-bond donors (Lipinski definition) is 2. The molecule has 0 bridgehead atoms. The first-order valence-electron chi connectivity index (χ1n) is 8.97. The monoisotopic (exact) mass is 444 g/mol. The second kappa shape index (κ2) is 9.19. The fraction of sp³-hybridized carbons (Fsp3) is 0.611. The summed E-state index contributed by atoms with van der Waals surface area (Å²) in [5.41, 5.74) is 1.52. The van der Waals surface area contributed by atoms with E-state index in [0.717, 1.165) is 23.4 Å². The van der Waals surface area contributed by atoms with E-state index in [4.69, 9.17) is 0 Å². The third-order valence-electron chi connectivity index (χ3n) is 4.82. The number of nitrogens with one attached hydrogen (secondary N) is 2. The predicted octanol–water partition coefficient (Wildman–Crippen LogP) is 2.32. The molecule has 26 heavy (non-hydrogen) atoms. The molecule has 0 amide bonds. The minimum atomic E-state index is -3.12. The SMILES string of the molecule is CCN(CCCNC(=NC)NCC1(c2ccccc2Br)CC1)S(C)(=O)=O. The molecule has 0 aromatic heterocycles. The van der Waals surface area contributed by atoms with Crippen molar-refractivity contribution in [3.8, 4) is 0 Å². The molecule has 0 spiro atoms. The number of hydrogen-bond acceptors (Lipinski definition) is 3. The van der Waals surface area contributed by atoms with E-state index in [0.29, 0.717) is 19.6 Å². The fourth-order valence-electron chi connectivity index (χ4n) is 3.08. The van der Waals surface area contributed by atoms with E-state index in [-0.39, 0.29) is 5.41 Å². The van der Waals surface area contributed by atoms with Gasteiger partial charge in [-0.05, 0) is 30.9 Å². The van der Waals surface area contributed by atoms with Gasteiger partial charge in [-0.2, -0.15) is 0 Å². The molecule has 1 aromatic rings. The predicted molar refractivity (Wildman–Crippen MR) is 111 cm³/mol. The van der Waals surface area contributed by atoms with Crippen LogP contribution in [0.4, 0.5) is 0 Å². The molecule has 1 aliphatic carbocycles. The fourth-order valence-corrected chi connectivity index (χ4v) is 4.71. The van der Waals surface area contributed by atoms with Crippen molar-refractivity contribution in [3.05, 3.63) is 34.3 Å². The molecule has 1 aromatic carbocycles. The van der Waals surface area contributed by atoms with Crippen LogP contribution in [0.2, 0.25) is 0 Å². The van der Waals surface area contributed by atoms with Crippen molar-refractivity contribution in [2.45, 2.75) is 31.6 Å². The minimum absolute atomic E-state index is 0.174. The lowest BCUT2D eigenvalue weighted by Gasteiger charge is -2.21. The molecule has 0 aliphatic heterocycles. The Morgan fingerprint density at radius 1 is 1.31 bits per heavy atom. The Hall–Kier alpha value is -1.12. The molecule has 1 fully saturated rings. The van der Waals surface area contributed by atoms with Gasteiger partial charge in [0.25, 0.3) is 0 Å². The molecule has 0 saturated heterocycles. The molecule has 0 unspecified atom stereocenters. The van der Waals surface area contributed by atoms with Crippen molar-refractivity contribution in [2.75, 3.05) is 39.5 Å². The first-order valence-corrected chi connectivity index (χ1v) is 11.6. The van der Waals surface area contributed by atoms with Crippen LogP contribution in [0.1, 0.15) is 31.7 Å². The average Bonchev–Trinajstić information content (AvgIpc) is 3.37. The van der Waals surface area contributed by atoms with Crippen LogP contribution in [-0.2, 0) is 15.4 Å². The number of halogens is 1. The lowest BCUT2D eigenvalue weighted by molar-refractivity contribution is 0.424. The maximum atomic E-state index is 11.6. The van der Waals surface area contributed by atoms with Gasteiger partial charge in [-0.1, -0.05) is 41.1 Å². The molecule has 2 N–H and O–H groups in total. The van der Waals surface area contributed by atoms with E-state index < -0.39 is 10.0 Å². The maximum Gasteiger partial charge on any atom is 0.211 e. The van der Waals surface area contributed by atoms with Crippen LogP contribution in [0.25, 0.3) is 0 Å². The van der Waals surface area contributed by atoms with Crippen LogP contribution >= 0.6 is 15.9 Å². The summed E-state index contributed by atoms with van der Waals surface area (Å²) >= 11 is 3.66. The first kappa shape index (κ1) is 21.2. The second-order valence-electron chi connectivity index (χ2n) is 6.72. The Labute approximate surface area is 165 Å². The topological polar surface area (TPSA) is 73.8 Å². The zero-order chi connectivity index (χ0) is 19.2. The van der Waals surface area contributed by atoms with Gasteiger partial charge in [0, 0.05) is 43.1 Å². The highest BCUT2D eigenvalue weighted by atomic mass is 79.9. The summed E-state index contributed by atoms with van der Waals surface area (Å²) < 4.78 is 25.8. The Bertz CT molecular complexity index is 732. The molecule has 1 aliphatic rings. The first-order chi connectivity index (χ1) is 12.3. The third kappa shape index (κ3) is 5.69. The molecule has 0 atom stereocenters. The largest absolute Gasteiger partial charge is 0.356 e. The summed E-state index contributed by atoms with van der Waals surface area (Å²) in [6, 6.07) is 8.38. The minimum Gasteiger partial charge on any atom is -0.356 e. The summed E-state index contributed by atoms with van der Waals surface area (Å²) in [4.78, 5) is 4.27. The van der Waals surface area contributed by atoms with Gasteiger partial charge in [-0.15, -0.1) is 0 Å². The van der Waals surface area contributed by atoms with Gasteiger partial charge in [-0.3, -0.25) is 4.99 Å². The Kier molecular flexibility index (Phi) is 7.49. The lowest BCUT2D eigenvalue weighted by Crippen LogP contribution is -2.42. The smallest absolute Gasteiger partial charge is 0.211 e. The van der Waals surface area contributed by atoms with Crippen LogP contribution in [0, 0.1) is 0 Å². The Morgan fingerprint density at radius 3 is 2.54 bits per heavy atom. The van der Waals surface area contributed by atoms with Gasteiger partial charge in [0.15, 0.2) is 5.96 Å². The second-order valence-corrected chi connectivity index (χ2v) is 9.56. The number of aliphatic imine (C=N–C) groups is 1. The van der Waals surface area contributed by atoms with Gasteiger partial charge in [0.1, 0.15) is 0 Å². The Morgan fingerprint density at radius 2 is 2.00 bits per heavy atom. The average molecular weight is 445 g/mol. The summed E-state index contributed by atoms with van der Waals surface area (Å²) in [5, 5.41) is 6.69. The van der Waals surface area contributed by atoms with E-state index in [1.165, 1.54) is 29.0 Å². The molecular weight excluding hydrogens is 416 g/mol. The molecule has 6 nitrogen and oxygen atoms in total. The van der Waals surface area contributed by atoms with Crippen LogP contribution in [-0.4, -0.2) is 58.2 Å². The third-order valence-corrected chi connectivity index (χ3v) is 6.89. The van der Waals surface area contributed by atoms with E-state index in [1.54, 1.807) is 7.05 Å². The number of sulfonamides is 1. The van der Waals surface area contributed by atoms with E-state index in [2.05, 4.69) is 49.8 Å². The van der Waals surface area contributed by atoms with Gasteiger partial charge in [-0.25, -0.2) is 12.7 Å². The van der Waals surface area contributed by atoms with Crippen LogP contribution in [0.3, 0.4) is 0 Å². The van der Waals surface area contributed by atoms with E-state index >= 15 is 0 Å². The molecule has 1 saturated carbocycles. The van der Waals surface area contributed by atoms with Crippen molar-refractivity contribution in [3.63, 3.8) is 0 Å². The van der Waals surface area contributed by atoms with Crippen molar-refractivity contribution in [1.29, 1.82) is 0 Å². The number of benzene rings is 1. The summed E-state index contributed by atoms with van der Waals surface area (Å²) in [6.45, 7) is 4.37. The van der Waals surface area contributed by atoms with Gasteiger partial charge < -0.3 is 10.6 Å². The van der Waals surface area contributed by atoms with Crippen molar-refractivity contribution in [1.82, 2.24) is 14.9 Å². The normalized spacial score (nSPS) is 16.6. The van der Waals surface area contributed by atoms with Crippen molar-refractivity contribution < 1.29 is 8.42 Å². The number of nitrogens with zero attached hydrogens (tertiary/aromatic N) is 2. The number of rotatable bonds is 9. The number of guanidine groups is 1. The molecule has 8 heteroatoms. The quantitative estimate of drug-likeness (QED) is 0.348. The highest BCUT2D eigenvalue weighted by Crippen LogP contribution is 2.49. The van der Waals surface area contributed by atoms with Gasteiger partial charge in [0.05, 0.1) is 6.26 Å². The van der Waals surface area contributed by atoms with E-state index in [9.17, 15) is 8.42 Å². The molecule has 2 rings (SSSR count). The van der Waals surface area contributed by atoms with Crippen LogP contribution < -0.4 is 10.6 Å². The molecule has 0 heterocycles. The zero-order valence-corrected chi connectivity index (χ0v) is 18.2. The van der Waals surface area contributed by atoms with Crippen LogP contribution in [0.5, 0.6) is 0 Å². The van der Waals surface area contributed by atoms with Gasteiger partial charge in [0.2, 0.25) is 10.0 Å². The lowest BCUT2D eigenvalue weighted by atomic mass is 9.96. The van der Waals surface area contributed by atoms with Crippen molar-refractivity contribution >= 4 is 31.9 Å². The summed E-state index contributed by atoms with van der Waals surface area (Å²) in [5.74, 6) is 0.755. The zero-order valence-electron chi connectivity index (χ0n) is 15.8. The maximum absolute atomic E-state index is 11.6. The van der Waals surface area contributed by atoms with Crippen LogP contribution in [0.15, 0.2) is 33.7 Å². The van der Waals surface area contributed by atoms with Gasteiger partial charge >= 0.3 is 0 Å². The highest BCUT2D eigenvalue weighted by Gasteiger charge is 2.45. The highest BCUT2D eigenvalue weighted by molar-refractivity contribution is 9.10. The summed E-state index contributed by atoms with van der Waals surface area (Å²) in [6.07, 6.45) is 4.32. The molecule has 146 valence electrons. The van der Waals surface area contributed by atoms with E-state index in [1.807, 2.05) is 13.0 Å². The standard InChI is InChI=1S/C18H29BrN4O2S/c1-4-23(26(3,24)25)13-7-12-21-17(20-2)22-14-18(10-11-18)15-8-5-6-9-16(15)19/h5-6,8-9H,4,7,10-14H2,1-3H3,(H2,20,21,22). The molecule has 0 radical (unpaired) electrons. The summed E-state index contributed by atoms with van der Waals surface area (Å²) in [7, 11) is -1.37.